The van der Waals surface area contributed by atoms with Crippen molar-refractivity contribution in [2.45, 2.75) is 6.92 Å². The van der Waals surface area contributed by atoms with Crippen molar-refractivity contribution in [1.82, 2.24) is 15.0 Å². The Morgan fingerprint density at radius 2 is 1.45 bits per heavy atom. The molecule has 0 atom stereocenters. The number of phenolic OH excluding ortho intramolecular Hbond substituents is 1. The number of phenols is 1. The van der Waals surface area contributed by atoms with E-state index in [0.717, 1.165) is 18.0 Å². The average Bonchev–Trinajstić information content (AvgIpc) is 2.82. The smallest absolute Gasteiger partial charge is 0.300 e. The van der Waals surface area contributed by atoms with E-state index < -0.39 is 5.97 Å². The molecule has 0 fully saturated rings. The van der Waals surface area contributed by atoms with Gasteiger partial charge in [-0.15, -0.1) is 15.0 Å². The summed E-state index contributed by atoms with van der Waals surface area (Å²) >= 11 is 0. The first-order chi connectivity index (χ1) is 9.58. The first kappa shape index (κ1) is 13.5. The molecule has 1 heterocycles. The van der Waals surface area contributed by atoms with E-state index in [2.05, 4.69) is 10.2 Å². The van der Waals surface area contributed by atoms with Gasteiger partial charge in [0.15, 0.2) is 0 Å². The summed E-state index contributed by atoms with van der Waals surface area (Å²) in [6, 6.07) is 14.6. The Bertz CT molecular complexity index is 700. The van der Waals surface area contributed by atoms with Crippen LogP contribution >= 0.6 is 0 Å². The molecule has 0 amide bonds. The molecule has 20 heavy (non-hydrogen) atoms. The highest BCUT2D eigenvalue weighted by Gasteiger charge is 2.06. The monoisotopic (exact) mass is 271 g/mol. The normalized spacial score (nSPS) is 9.85. The van der Waals surface area contributed by atoms with Gasteiger partial charge in [-0.05, 0) is 24.3 Å². The van der Waals surface area contributed by atoms with Gasteiger partial charge < -0.3 is 10.2 Å². The lowest BCUT2D eigenvalue weighted by Crippen LogP contribution is -1.98. The standard InChI is InChI=1S/C12H9N3O.C2H4O2/c16-12-8-4-3-7-11(12)15-13-9-5-1-2-6-10(9)14-15;1-2(3)4/h1-8,16H;1H3,(H,3,4). The molecule has 0 radical (unpaired) electrons. The highest BCUT2D eigenvalue weighted by molar-refractivity contribution is 5.73. The lowest BCUT2D eigenvalue weighted by Gasteiger charge is -2.00. The minimum absolute atomic E-state index is 0.169. The van der Waals surface area contributed by atoms with Gasteiger partial charge in [0.1, 0.15) is 22.5 Å². The highest BCUT2D eigenvalue weighted by Crippen LogP contribution is 2.20. The number of fused-ring (bicyclic) bond motifs is 1. The number of aromatic nitrogens is 3. The van der Waals surface area contributed by atoms with Gasteiger partial charge in [-0.1, -0.05) is 24.3 Å². The maximum atomic E-state index is 9.69. The van der Waals surface area contributed by atoms with Crippen LogP contribution in [0.3, 0.4) is 0 Å². The van der Waals surface area contributed by atoms with Crippen molar-refractivity contribution in [3.8, 4) is 11.4 Å². The highest BCUT2D eigenvalue weighted by atomic mass is 16.4. The number of carbonyl (C=O) groups is 1. The first-order valence-corrected chi connectivity index (χ1v) is 5.88. The molecule has 0 bridgehead atoms. The zero-order valence-corrected chi connectivity index (χ0v) is 10.8. The van der Waals surface area contributed by atoms with E-state index in [4.69, 9.17) is 9.90 Å². The van der Waals surface area contributed by atoms with Crippen LogP contribution in [-0.2, 0) is 4.79 Å². The third-order valence-electron chi connectivity index (χ3n) is 2.38. The molecule has 0 unspecified atom stereocenters. The van der Waals surface area contributed by atoms with Crippen molar-refractivity contribution in [1.29, 1.82) is 0 Å². The lowest BCUT2D eigenvalue weighted by atomic mass is 10.3. The van der Waals surface area contributed by atoms with Crippen LogP contribution in [-0.4, -0.2) is 31.2 Å². The number of carboxylic acid groups (broad SMARTS) is 1. The molecule has 6 heteroatoms. The van der Waals surface area contributed by atoms with Crippen molar-refractivity contribution in [2.75, 3.05) is 0 Å². The Hall–Kier alpha value is -2.89. The van der Waals surface area contributed by atoms with E-state index in [1.807, 2.05) is 30.3 Å². The molecule has 2 aromatic carbocycles. The molecular formula is C14H13N3O3. The van der Waals surface area contributed by atoms with Crippen molar-refractivity contribution in [2.24, 2.45) is 0 Å². The second-order valence-electron chi connectivity index (χ2n) is 3.99. The predicted octanol–water partition coefficient (Wildman–Crippen LogP) is 2.22. The van der Waals surface area contributed by atoms with Crippen molar-refractivity contribution >= 4 is 17.0 Å². The summed E-state index contributed by atoms with van der Waals surface area (Å²) in [5.41, 5.74) is 2.20. The van der Waals surface area contributed by atoms with E-state index in [1.165, 1.54) is 4.80 Å². The molecule has 0 spiro atoms. The molecule has 2 N–H and O–H groups in total. The number of hydrogen-bond acceptors (Lipinski definition) is 4. The van der Waals surface area contributed by atoms with Gasteiger partial charge in [-0.3, -0.25) is 4.79 Å². The zero-order valence-electron chi connectivity index (χ0n) is 10.8. The Morgan fingerprint density at radius 3 is 1.95 bits per heavy atom. The second kappa shape index (κ2) is 5.83. The van der Waals surface area contributed by atoms with E-state index >= 15 is 0 Å². The molecular weight excluding hydrogens is 258 g/mol. The number of aromatic hydroxyl groups is 1. The summed E-state index contributed by atoms with van der Waals surface area (Å²) in [4.78, 5) is 10.4. The number of benzene rings is 2. The Kier molecular flexibility index (Phi) is 3.95. The fraction of sp³-hybridized carbons (Fsp3) is 0.0714. The summed E-state index contributed by atoms with van der Waals surface area (Å²) in [5, 5.41) is 25.7. The molecule has 0 aliphatic rings. The Morgan fingerprint density at radius 1 is 1.00 bits per heavy atom. The summed E-state index contributed by atoms with van der Waals surface area (Å²) < 4.78 is 0. The van der Waals surface area contributed by atoms with E-state index in [-0.39, 0.29) is 5.75 Å². The molecule has 0 aliphatic carbocycles. The van der Waals surface area contributed by atoms with Crippen LogP contribution in [0.1, 0.15) is 6.92 Å². The van der Waals surface area contributed by atoms with Gasteiger partial charge >= 0.3 is 0 Å². The van der Waals surface area contributed by atoms with Crippen molar-refractivity contribution < 1.29 is 15.0 Å². The predicted molar refractivity (Wildman–Crippen MR) is 73.8 cm³/mol. The third-order valence-corrected chi connectivity index (χ3v) is 2.38. The van der Waals surface area contributed by atoms with Crippen LogP contribution in [0.25, 0.3) is 16.7 Å². The summed E-state index contributed by atoms with van der Waals surface area (Å²) in [6.07, 6.45) is 0. The van der Waals surface area contributed by atoms with Gasteiger partial charge in [-0.25, -0.2) is 0 Å². The van der Waals surface area contributed by atoms with Crippen LogP contribution in [0.2, 0.25) is 0 Å². The molecule has 0 saturated heterocycles. The Balaban J connectivity index is 0.000000328. The molecule has 3 aromatic rings. The maximum Gasteiger partial charge on any atom is 0.300 e. The van der Waals surface area contributed by atoms with Crippen LogP contribution in [0.5, 0.6) is 5.75 Å². The minimum atomic E-state index is -0.833. The van der Waals surface area contributed by atoms with Crippen LogP contribution in [0.4, 0.5) is 0 Å². The maximum absolute atomic E-state index is 9.69. The third kappa shape index (κ3) is 3.11. The second-order valence-corrected chi connectivity index (χ2v) is 3.99. The van der Waals surface area contributed by atoms with Gasteiger partial charge in [-0.2, -0.15) is 0 Å². The van der Waals surface area contributed by atoms with Gasteiger partial charge in [0.2, 0.25) is 0 Å². The number of carboxylic acids is 1. The van der Waals surface area contributed by atoms with Gasteiger partial charge in [0, 0.05) is 6.92 Å². The number of aliphatic carboxylic acids is 1. The molecule has 102 valence electrons. The minimum Gasteiger partial charge on any atom is -0.506 e. The fourth-order valence-electron chi connectivity index (χ4n) is 1.60. The molecule has 1 aromatic heterocycles. The summed E-state index contributed by atoms with van der Waals surface area (Å²) in [7, 11) is 0. The topological polar surface area (TPSA) is 88.2 Å². The number of rotatable bonds is 1. The molecule has 6 nitrogen and oxygen atoms in total. The summed E-state index contributed by atoms with van der Waals surface area (Å²) in [5.74, 6) is -0.664. The molecule has 3 rings (SSSR count). The molecule has 0 saturated carbocycles. The largest absolute Gasteiger partial charge is 0.506 e. The van der Waals surface area contributed by atoms with Gasteiger partial charge in [0.25, 0.3) is 5.97 Å². The van der Waals surface area contributed by atoms with Crippen molar-refractivity contribution in [3.63, 3.8) is 0 Å². The Labute approximate surface area is 114 Å². The van der Waals surface area contributed by atoms with E-state index in [1.54, 1.807) is 18.2 Å². The van der Waals surface area contributed by atoms with Crippen LogP contribution in [0, 0.1) is 0 Å². The quantitative estimate of drug-likeness (QED) is 0.708. The van der Waals surface area contributed by atoms with E-state index in [0.29, 0.717) is 5.69 Å². The van der Waals surface area contributed by atoms with Crippen LogP contribution in [0.15, 0.2) is 48.5 Å². The zero-order chi connectivity index (χ0) is 14.5. The molecule has 0 aliphatic heterocycles. The number of nitrogens with zero attached hydrogens (tertiary/aromatic N) is 3. The number of para-hydroxylation sites is 2. The fourth-order valence-corrected chi connectivity index (χ4v) is 1.60. The van der Waals surface area contributed by atoms with Gasteiger partial charge in [0.05, 0.1) is 0 Å². The number of hydrogen-bond donors (Lipinski definition) is 2. The van der Waals surface area contributed by atoms with Crippen molar-refractivity contribution in [3.05, 3.63) is 48.5 Å². The average molecular weight is 271 g/mol. The lowest BCUT2D eigenvalue weighted by molar-refractivity contribution is -0.134. The summed E-state index contributed by atoms with van der Waals surface area (Å²) in [6.45, 7) is 1.08. The first-order valence-electron chi connectivity index (χ1n) is 5.88. The SMILES string of the molecule is CC(=O)O.Oc1ccccc1-n1nc2ccccc2n1. The van der Waals surface area contributed by atoms with Crippen LogP contribution < -0.4 is 0 Å². The van der Waals surface area contributed by atoms with E-state index in [9.17, 15) is 5.11 Å².